The molecule has 3 aliphatic rings. The minimum atomic E-state index is 0.194. The minimum Gasteiger partial charge on any atom is -0.324 e. The molecule has 16 heavy (non-hydrogen) atoms. The van der Waals surface area contributed by atoms with Crippen LogP contribution in [0.2, 0.25) is 0 Å². The standard InChI is InChI=1S/C14H26N2/c15-14(8-4-9-14)11-16-10-3-6-12-5-1-2-7-13(12)16/h12-13H,1-11,15H2/t12-,13-/m1/s1. The van der Waals surface area contributed by atoms with Crippen molar-refractivity contribution in [2.75, 3.05) is 13.1 Å². The van der Waals surface area contributed by atoms with E-state index in [-0.39, 0.29) is 5.54 Å². The van der Waals surface area contributed by atoms with E-state index in [1.54, 1.807) is 0 Å². The van der Waals surface area contributed by atoms with Crippen molar-refractivity contribution in [3.8, 4) is 0 Å². The molecule has 0 bridgehead atoms. The first-order chi connectivity index (χ1) is 7.77. The molecule has 0 aromatic rings. The van der Waals surface area contributed by atoms with Crippen LogP contribution in [0.5, 0.6) is 0 Å². The van der Waals surface area contributed by atoms with Gasteiger partial charge < -0.3 is 5.73 Å². The van der Waals surface area contributed by atoms with Crippen molar-refractivity contribution in [2.24, 2.45) is 11.7 Å². The summed E-state index contributed by atoms with van der Waals surface area (Å²) < 4.78 is 0. The van der Waals surface area contributed by atoms with Crippen LogP contribution in [0.3, 0.4) is 0 Å². The molecule has 1 heterocycles. The Balaban J connectivity index is 1.63. The molecule has 0 radical (unpaired) electrons. The van der Waals surface area contributed by atoms with Gasteiger partial charge in [-0.25, -0.2) is 0 Å². The zero-order chi connectivity index (χ0) is 11.0. The first-order valence-corrected chi connectivity index (χ1v) is 7.30. The van der Waals surface area contributed by atoms with Gasteiger partial charge in [-0.05, 0) is 57.4 Å². The summed E-state index contributed by atoms with van der Waals surface area (Å²) in [5.74, 6) is 1.01. The van der Waals surface area contributed by atoms with Gasteiger partial charge in [0.15, 0.2) is 0 Å². The van der Waals surface area contributed by atoms with Gasteiger partial charge in [-0.1, -0.05) is 12.8 Å². The quantitative estimate of drug-likeness (QED) is 0.778. The summed E-state index contributed by atoms with van der Waals surface area (Å²) in [6, 6.07) is 0.892. The zero-order valence-electron chi connectivity index (χ0n) is 10.5. The number of rotatable bonds is 2. The van der Waals surface area contributed by atoms with Crippen LogP contribution in [0.25, 0.3) is 0 Å². The van der Waals surface area contributed by atoms with Crippen molar-refractivity contribution in [1.82, 2.24) is 4.90 Å². The SMILES string of the molecule is NC1(CN2CCC[C@H]3CCCC[C@H]32)CCC1. The predicted octanol–water partition coefficient (Wildman–Crippen LogP) is 2.52. The maximum absolute atomic E-state index is 6.41. The molecule has 2 saturated carbocycles. The average molecular weight is 222 g/mol. The highest BCUT2D eigenvalue weighted by Crippen LogP contribution is 2.38. The molecule has 2 aliphatic carbocycles. The van der Waals surface area contributed by atoms with Gasteiger partial charge >= 0.3 is 0 Å². The highest BCUT2D eigenvalue weighted by atomic mass is 15.2. The number of nitrogens with two attached hydrogens (primary N) is 1. The summed E-state index contributed by atoms with van der Waals surface area (Å²) in [4.78, 5) is 2.76. The number of nitrogens with zero attached hydrogens (tertiary/aromatic N) is 1. The Hall–Kier alpha value is -0.0800. The first-order valence-electron chi connectivity index (χ1n) is 7.30. The lowest BCUT2D eigenvalue weighted by atomic mass is 9.74. The van der Waals surface area contributed by atoms with E-state index in [0.29, 0.717) is 0 Å². The molecule has 2 N–H and O–H groups in total. The molecule has 0 spiro atoms. The molecule has 2 heteroatoms. The summed E-state index contributed by atoms with van der Waals surface area (Å²) in [5, 5.41) is 0. The minimum absolute atomic E-state index is 0.194. The maximum Gasteiger partial charge on any atom is 0.0283 e. The van der Waals surface area contributed by atoms with Gasteiger partial charge in [-0.15, -0.1) is 0 Å². The normalized spacial score (nSPS) is 38.8. The lowest BCUT2D eigenvalue weighted by Crippen LogP contribution is -2.59. The Labute approximate surface area is 99.6 Å². The molecule has 3 fully saturated rings. The molecular weight excluding hydrogens is 196 g/mol. The fraction of sp³-hybridized carbons (Fsp3) is 1.00. The fourth-order valence-corrected chi connectivity index (χ4v) is 4.12. The van der Waals surface area contributed by atoms with Crippen LogP contribution in [-0.2, 0) is 0 Å². The maximum atomic E-state index is 6.41. The summed E-state index contributed by atoms with van der Waals surface area (Å²) in [7, 11) is 0. The van der Waals surface area contributed by atoms with Crippen LogP contribution in [0.1, 0.15) is 57.8 Å². The van der Waals surface area contributed by atoms with E-state index < -0.39 is 0 Å². The molecule has 1 aliphatic heterocycles. The first kappa shape index (κ1) is 11.0. The second-order valence-electron chi connectivity index (χ2n) is 6.44. The van der Waals surface area contributed by atoms with Crippen LogP contribution in [-0.4, -0.2) is 29.6 Å². The molecule has 0 aromatic heterocycles. The van der Waals surface area contributed by atoms with E-state index in [1.807, 2.05) is 0 Å². The van der Waals surface area contributed by atoms with Gasteiger partial charge in [-0.3, -0.25) is 4.90 Å². The van der Waals surface area contributed by atoms with Gasteiger partial charge in [0.05, 0.1) is 0 Å². The molecule has 0 unspecified atom stereocenters. The van der Waals surface area contributed by atoms with Crippen molar-refractivity contribution in [2.45, 2.75) is 69.4 Å². The van der Waals surface area contributed by atoms with Crippen molar-refractivity contribution in [3.05, 3.63) is 0 Å². The second kappa shape index (κ2) is 4.30. The molecule has 0 amide bonds. The van der Waals surface area contributed by atoms with Gasteiger partial charge in [0.2, 0.25) is 0 Å². The zero-order valence-corrected chi connectivity index (χ0v) is 10.5. The second-order valence-corrected chi connectivity index (χ2v) is 6.44. The average Bonchev–Trinajstić information content (AvgIpc) is 2.27. The van der Waals surface area contributed by atoms with Crippen LogP contribution in [0, 0.1) is 5.92 Å². The summed E-state index contributed by atoms with van der Waals surface area (Å²) in [6.07, 6.45) is 12.6. The number of hydrogen-bond acceptors (Lipinski definition) is 2. The van der Waals surface area contributed by atoms with Crippen molar-refractivity contribution in [3.63, 3.8) is 0 Å². The third kappa shape index (κ3) is 2.02. The van der Waals surface area contributed by atoms with E-state index in [0.717, 1.165) is 12.0 Å². The Morgan fingerprint density at radius 2 is 1.75 bits per heavy atom. The lowest BCUT2D eigenvalue weighted by molar-refractivity contribution is 0.0271. The largest absolute Gasteiger partial charge is 0.324 e. The van der Waals surface area contributed by atoms with Gasteiger partial charge in [0.1, 0.15) is 0 Å². The summed E-state index contributed by atoms with van der Waals surface area (Å²) >= 11 is 0. The Morgan fingerprint density at radius 3 is 2.50 bits per heavy atom. The topological polar surface area (TPSA) is 29.3 Å². The van der Waals surface area contributed by atoms with Crippen LogP contribution >= 0.6 is 0 Å². The van der Waals surface area contributed by atoms with E-state index in [9.17, 15) is 0 Å². The van der Waals surface area contributed by atoms with E-state index in [1.165, 1.54) is 70.9 Å². The Morgan fingerprint density at radius 1 is 1.00 bits per heavy atom. The number of fused-ring (bicyclic) bond motifs is 1. The third-order valence-corrected chi connectivity index (χ3v) is 5.23. The highest BCUT2D eigenvalue weighted by Gasteiger charge is 2.39. The molecular formula is C14H26N2. The molecule has 92 valence electrons. The Kier molecular flexibility index (Phi) is 2.97. The predicted molar refractivity (Wildman–Crippen MR) is 67.3 cm³/mol. The summed E-state index contributed by atoms with van der Waals surface area (Å²) in [5.41, 5.74) is 6.61. The van der Waals surface area contributed by atoms with E-state index in [4.69, 9.17) is 5.73 Å². The van der Waals surface area contributed by atoms with Gasteiger partial charge in [0, 0.05) is 18.1 Å². The molecule has 2 nitrogen and oxygen atoms in total. The van der Waals surface area contributed by atoms with Crippen molar-refractivity contribution in [1.29, 1.82) is 0 Å². The van der Waals surface area contributed by atoms with Crippen molar-refractivity contribution >= 4 is 0 Å². The van der Waals surface area contributed by atoms with Crippen LogP contribution in [0.15, 0.2) is 0 Å². The molecule has 1 saturated heterocycles. The summed E-state index contributed by atoms with van der Waals surface area (Å²) in [6.45, 7) is 2.51. The molecule has 0 aromatic carbocycles. The van der Waals surface area contributed by atoms with Gasteiger partial charge in [0.25, 0.3) is 0 Å². The number of piperidine rings is 1. The Bertz CT molecular complexity index is 245. The van der Waals surface area contributed by atoms with Crippen LogP contribution < -0.4 is 5.73 Å². The molecule has 2 atom stereocenters. The highest BCUT2D eigenvalue weighted by molar-refractivity contribution is 4.98. The van der Waals surface area contributed by atoms with Crippen LogP contribution in [0.4, 0.5) is 0 Å². The van der Waals surface area contributed by atoms with E-state index in [2.05, 4.69) is 4.90 Å². The fourth-order valence-electron chi connectivity index (χ4n) is 4.12. The third-order valence-electron chi connectivity index (χ3n) is 5.23. The number of hydrogen-bond donors (Lipinski definition) is 1. The monoisotopic (exact) mass is 222 g/mol. The van der Waals surface area contributed by atoms with Crippen molar-refractivity contribution < 1.29 is 0 Å². The molecule has 3 rings (SSSR count). The lowest BCUT2D eigenvalue weighted by Gasteiger charge is -2.49. The smallest absolute Gasteiger partial charge is 0.0283 e. The van der Waals surface area contributed by atoms with E-state index >= 15 is 0 Å². The van der Waals surface area contributed by atoms with Gasteiger partial charge in [-0.2, -0.15) is 0 Å². The number of likely N-dealkylation sites (tertiary alicyclic amines) is 1.